The second-order valence-electron chi connectivity index (χ2n) is 4.04. The van der Waals surface area contributed by atoms with E-state index in [-0.39, 0.29) is 23.4 Å². The topological polar surface area (TPSA) is 111 Å². The van der Waals surface area contributed by atoms with Gasteiger partial charge < -0.3 is 4.74 Å². The van der Waals surface area contributed by atoms with Crippen molar-refractivity contribution in [1.29, 1.82) is 0 Å². The molecule has 0 spiro atoms. The van der Waals surface area contributed by atoms with Crippen LogP contribution in [0.3, 0.4) is 0 Å². The van der Waals surface area contributed by atoms with Crippen LogP contribution in [0.15, 0.2) is 29.8 Å². The number of amides is 1. The molecular formula is C13H11N3O5S. The van der Waals surface area contributed by atoms with Gasteiger partial charge in [0.25, 0.3) is 11.6 Å². The minimum atomic E-state index is -0.727. The van der Waals surface area contributed by atoms with Crippen LogP contribution in [-0.2, 0) is 4.74 Å². The predicted octanol–water partition coefficient (Wildman–Crippen LogP) is 2.48. The number of hydrogen-bond acceptors (Lipinski definition) is 7. The lowest BCUT2D eigenvalue weighted by molar-refractivity contribution is -0.384. The average molecular weight is 321 g/mol. The molecule has 0 radical (unpaired) electrons. The number of nitro groups is 1. The third kappa shape index (κ3) is 3.64. The summed E-state index contributed by atoms with van der Waals surface area (Å²) < 4.78 is 4.80. The summed E-state index contributed by atoms with van der Waals surface area (Å²) in [5.41, 5.74) is -0.442. The summed E-state index contributed by atoms with van der Waals surface area (Å²) in [6.07, 6.45) is 1.51. The van der Waals surface area contributed by atoms with Gasteiger partial charge in [-0.25, -0.2) is 9.78 Å². The molecule has 0 saturated carbocycles. The quantitative estimate of drug-likeness (QED) is 0.514. The second kappa shape index (κ2) is 6.76. The van der Waals surface area contributed by atoms with Gasteiger partial charge >= 0.3 is 5.97 Å². The highest BCUT2D eigenvalue weighted by Gasteiger charge is 2.19. The summed E-state index contributed by atoms with van der Waals surface area (Å²) in [6, 6.07) is 3.40. The number of thiazole rings is 1. The van der Waals surface area contributed by atoms with E-state index in [1.54, 1.807) is 12.3 Å². The molecule has 9 heteroatoms. The van der Waals surface area contributed by atoms with E-state index in [9.17, 15) is 19.7 Å². The first-order valence-electron chi connectivity index (χ1n) is 6.18. The zero-order chi connectivity index (χ0) is 16.1. The lowest BCUT2D eigenvalue weighted by atomic mass is 10.1. The molecule has 0 unspecified atom stereocenters. The van der Waals surface area contributed by atoms with Gasteiger partial charge in [-0.05, 0) is 13.0 Å². The molecule has 0 bridgehead atoms. The van der Waals surface area contributed by atoms with Gasteiger partial charge in [0.05, 0.1) is 17.1 Å². The Morgan fingerprint density at radius 2 is 2.09 bits per heavy atom. The van der Waals surface area contributed by atoms with Gasteiger partial charge in [0.2, 0.25) is 0 Å². The van der Waals surface area contributed by atoms with Crippen molar-refractivity contribution in [3.05, 3.63) is 51.0 Å². The Bertz CT molecular complexity index is 714. The van der Waals surface area contributed by atoms with Crippen molar-refractivity contribution in [3.63, 3.8) is 0 Å². The van der Waals surface area contributed by atoms with E-state index in [0.717, 1.165) is 12.1 Å². The van der Waals surface area contributed by atoms with Gasteiger partial charge in [-0.2, -0.15) is 0 Å². The molecule has 1 amide bonds. The lowest BCUT2D eigenvalue weighted by Gasteiger charge is -2.05. The van der Waals surface area contributed by atoms with Crippen LogP contribution in [-0.4, -0.2) is 28.4 Å². The van der Waals surface area contributed by atoms with Gasteiger partial charge in [-0.3, -0.25) is 20.2 Å². The van der Waals surface area contributed by atoms with Crippen LogP contribution in [0.5, 0.6) is 0 Å². The first-order valence-corrected chi connectivity index (χ1v) is 7.06. The van der Waals surface area contributed by atoms with Gasteiger partial charge in [0.1, 0.15) is 0 Å². The minimum absolute atomic E-state index is 0.0209. The fourth-order valence-electron chi connectivity index (χ4n) is 1.63. The molecule has 2 rings (SSSR count). The van der Waals surface area contributed by atoms with Gasteiger partial charge in [-0.1, -0.05) is 0 Å². The summed E-state index contributed by atoms with van der Waals surface area (Å²) in [7, 11) is 0. The Morgan fingerprint density at radius 1 is 1.36 bits per heavy atom. The molecule has 0 saturated heterocycles. The number of rotatable bonds is 5. The molecule has 0 atom stereocenters. The molecule has 0 aliphatic heterocycles. The molecular weight excluding hydrogens is 310 g/mol. The molecule has 1 N–H and O–H groups in total. The van der Waals surface area contributed by atoms with E-state index in [0.29, 0.717) is 5.13 Å². The number of benzene rings is 1. The normalized spacial score (nSPS) is 10.0. The number of hydrogen-bond donors (Lipinski definition) is 1. The van der Waals surface area contributed by atoms with Crippen LogP contribution in [0, 0.1) is 10.1 Å². The van der Waals surface area contributed by atoms with Crippen molar-refractivity contribution in [1.82, 2.24) is 4.98 Å². The van der Waals surface area contributed by atoms with Crippen molar-refractivity contribution in [2.75, 3.05) is 11.9 Å². The van der Waals surface area contributed by atoms with E-state index < -0.39 is 16.8 Å². The van der Waals surface area contributed by atoms with Gasteiger partial charge in [0.15, 0.2) is 5.13 Å². The number of carbonyl (C=O) groups is 2. The standard InChI is InChI=1S/C13H11N3O5S/c1-2-21-12(18)9-5-8(6-10(7-9)16(19)20)11(17)15-13-14-3-4-22-13/h3-7H,2H2,1H3,(H,14,15,17). The van der Waals surface area contributed by atoms with Crippen molar-refractivity contribution in [3.8, 4) is 0 Å². The highest BCUT2D eigenvalue weighted by molar-refractivity contribution is 7.13. The number of nitro benzene ring substituents is 1. The summed E-state index contributed by atoms with van der Waals surface area (Å²) in [4.78, 5) is 38.0. The molecule has 1 heterocycles. The van der Waals surface area contributed by atoms with Gasteiger partial charge in [-0.15, -0.1) is 11.3 Å². The van der Waals surface area contributed by atoms with Crippen LogP contribution < -0.4 is 5.32 Å². The lowest BCUT2D eigenvalue weighted by Crippen LogP contribution is -2.14. The van der Waals surface area contributed by atoms with Crippen LogP contribution in [0.1, 0.15) is 27.6 Å². The van der Waals surface area contributed by atoms with E-state index in [4.69, 9.17) is 4.74 Å². The molecule has 0 aliphatic rings. The fraction of sp³-hybridized carbons (Fsp3) is 0.154. The SMILES string of the molecule is CCOC(=O)c1cc(C(=O)Nc2nccs2)cc([N+](=O)[O-])c1. The molecule has 114 valence electrons. The van der Waals surface area contributed by atoms with Crippen LogP contribution >= 0.6 is 11.3 Å². The molecule has 8 nitrogen and oxygen atoms in total. The maximum Gasteiger partial charge on any atom is 0.338 e. The second-order valence-corrected chi connectivity index (χ2v) is 4.93. The number of non-ortho nitro benzene ring substituents is 1. The Labute approximate surface area is 128 Å². The molecule has 22 heavy (non-hydrogen) atoms. The number of carbonyl (C=O) groups excluding carboxylic acids is 2. The third-order valence-electron chi connectivity index (χ3n) is 2.55. The molecule has 1 aromatic heterocycles. The van der Waals surface area contributed by atoms with Crippen LogP contribution in [0.2, 0.25) is 0 Å². The number of esters is 1. The summed E-state index contributed by atoms with van der Waals surface area (Å²) in [5, 5.41) is 15.5. The number of anilines is 1. The Morgan fingerprint density at radius 3 is 2.68 bits per heavy atom. The largest absolute Gasteiger partial charge is 0.462 e. The Kier molecular flexibility index (Phi) is 4.79. The summed E-state index contributed by atoms with van der Waals surface area (Å²) >= 11 is 1.21. The number of nitrogens with one attached hydrogen (secondary N) is 1. The van der Waals surface area contributed by atoms with E-state index >= 15 is 0 Å². The van der Waals surface area contributed by atoms with Crippen molar-refractivity contribution >= 4 is 34.0 Å². The number of ether oxygens (including phenoxy) is 1. The smallest absolute Gasteiger partial charge is 0.338 e. The number of aromatic nitrogens is 1. The highest BCUT2D eigenvalue weighted by atomic mass is 32.1. The summed E-state index contributed by atoms with van der Waals surface area (Å²) in [5.74, 6) is -1.32. The molecule has 1 aromatic carbocycles. The molecule has 0 fully saturated rings. The Balaban J connectivity index is 2.35. The maximum absolute atomic E-state index is 12.1. The van der Waals surface area contributed by atoms with E-state index in [1.165, 1.54) is 23.6 Å². The first kappa shape index (κ1) is 15.6. The van der Waals surface area contributed by atoms with Crippen molar-refractivity contribution < 1.29 is 19.2 Å². The predicted molar refractivity (Wildman–Crippen MR) is 79.1 cm³/mol. The Hall–Kier alpha value is -2.81. The maximum atomic E-state index is 12.1. The van der Waals surface area contributed by atoms with Crippen molar-refractivity contribution in [2.45, 2.75) is 6.92 Å². The molecule has 2 aromatic rings. The monoisotopic (exact) mass is 321 g/mol. The highest BCUT2D eigenvalue weighted by Crippen LogP contribution is 2.20. The minimum Gasteiger partial charge on any atom is -0.462 e. The number of nitrogens with zero attached hydrogens (tertiary/aromatic N) is 2. The van der Waals surface area contributed by atoms with E-state index in [2.05, 4.69) is 10.3 Å². The van der Waals surface area contributed by atoms with Crippen LogP contribution in [0.4, 0.5) is 10.8 Å². The van der Waals surface area contributed by atoms with Gasteiger partial charge in [0, 0.05) is 29.3 Å². The van der Waals surface area contributed by atoms with Crippen molar-refractivity contribution in [2.24, 2.45) is 0 Å². The first-order chi connectivity index (χ1) is 10.5. The zero-order valence-electron chi connectivity index (χ0n) is 11.4. The third-order valence-corrected chi connectivity index (χ3v) is 3.24. The zero-order valence-corrected chi connectivity index (χ0v) is 12.3. The molecule has 0 aliphatic carbocycles. The van der Waals surface area contributed by atoms with E-state index in [1.807, 2.05) is 0 Å². The van der Waals surface area contributed by atoms with Crippen LogP contribution in [0.25, 0.3) is 0 Å². The summed E-state index contributed by atoms with van der Waals surface area (Å²) in [6.45, 7) is 1.74. The fourth-order valence-corrected chi connectivity index (χ4v) is 2.16. The average Bonchev–Trinajstić information content (AvgIpc) is 2.99.